The smallest absolute Gasteiger partial charge is 0.411 e. The number of fused-ring (bicyclic) bond motifs is 2. The van der Waals surface area contributed by atoms with Crippen LogP contribution in [0.1, 0.15) is 50.3 Å². The Morgan fingerprint density at radius 2 is 1.67 bits per heavy atom. The summed E-state index contributed by atoms with van der Waals surface area (Å²) in [7, 11) is 0. The highest BCUT2D eigenvalue weighted by Crippen LogP contribution is 2.43. The maximum Gasteiger partial charge on any atom is 0.411 e. The Hall–Kier alpha value is -3.15. The van der Waals surface area contributed by atoms with Crippen LogP contribution in [0.3, 0.4) is 0 Å². The van der Waals surface area contributed by atoms with Gasteiger partial charge in [-0.15, -0.1) is 0 Å². The Bertz CT molecular complexity index is 1790. The summed E-state index contributed by atoms with van der Waals surface area (Å²) >= 11 is 24.9. The van der Waals surface area contributed by atoms with Gasteiger partial charge in [0.05, 0.1) is 18.7 Å². The van der Waals surface area contributed by atoms with Crippen LogP contribution in [0.25, 0.3) is 5.57 Å². The average molecular weight is 788 g/mol. The van der Waals surface area contributed by atoms with Crippen molar-refractivity contribution in [3.05, 3.63) is 105 Å². The van der Waals surface area contributed by atoms with Gasteiger partial charge < -0.3 is 19.7 Å². The summed E-state index contributed by atoms with van der Waals surface area (Å²) in [5.41, 5.74) is 2.28. The van der Waals surface area contributed by atoms with E-state index in [4.69, 9.17) is 55.9 Å². The van der Waals surface area contributed by atoms with Crippen LogP contribution in [0.5, 0.6) is 5.75 Å². The lowest BCUT2D eigenvalue weighted by atomic mass is 9.81. The van der Waals surface area contributed by atoms with Gasteiger partial charge in [0.15, 0.2) is 23.0 Å². The molecule has 7 nitrogen and oxygen atoms in total. The molecule has 1 fully saturated rings. The number of ether oxygens (including phenoxy) is 2. The minimum Gasteiger partial charge on any atom is -0.488 e. The Labute approximate surface area is 315 Å². The number of hydrogen-bond acceptors (Lipinski definition) is 5. The predicted octanol–water partition coefficient (Wildman–Crippen LogP) is 8.90. The van der Waals surface area contributed by atoms with Gasteiger partial charge in [0.1, 0.15) is 0 Å². The third-order valence-electron chi connectivity index (χ3n) is 9.16. The van der Waals surface area contributed by atoms with Gasteiger partial charge in [0.25, 0.3) is 5.91 Å². The number of nitrogens with one attached hydrogen (secondary N) is 1. The summed E-state index contributed by atoms with van der Waals surface area (Å²) in [4.78, 5) is 31.7. The van der Waals surface area contributed by atoms with Gasteiger partial charge in [-0.3, -0.25) is 9.69 Å². The Kier molecular flexibility index (Phi) is 12.4. The summed E-state index contributed by atoms with van der Waals surface area (Å²) in [5.74, 6) is -4.51. The molecule has 0 saturated carbocycles. The van der Waals surface area contributed by atoms with E-state index in [1.54, 1.807) is 15.9 Å². The fourth-order valence-electron chi connectivity index (χ4n) is 6.24. The third-order valence-corrected chi connectivity index (χ3v) is 10.9. The number of amides is 2. The number of benzene rings is 3. The quantitative estimate of drug-likeness (QED) is 0.120. The first-order valence-corrected chi connectivity index (χ1v) is 18.0. The molecule has 2 aliphatic heterocycles. The van der Waals surface area contributed by atoms with E-state index in [1.165, 1.54) is 13.8 Å². The highest BCUT2D eigenvalue weighted by atomic mass is 35.6. The summed E-state index contributed by atoms with van der Waals surface area (Å²) < 4.78 is 50.5. The van der Waals surface area contributed by atoms with E-state index in [0.717, 1.165) is 28.3 Å². The second kappa shape index (κ2) is 16.3. The molecule has 0 radical (unpaired) electrons. The lowest BCUT2D eigenvalue weighted by molar-refractivity contribution is -0.128. The van der Waals surface area contributed by atoms with E-state index in [0.29, 0.717) is 55.6 Å². The molecule has 2 heterocycles. The van der Waals surface area contributed by atoms with Gasteiger partial charge in [-0.2, -0.15) is 4.39 Å². The largest absolute Gasteiger partial charge is 0.488 e. The zero-order chi connectivity index (χ0) is 37.1. The standard InChI is InChI=1S/C37H38Cl4F3N3O4/c1-4-46(21-24-9-5-6-10-27(24)38)34(48)31-26(18-25-19-45-20-30(31)47(25)35(49)51-36(2,3)37(39,40)41)23-13-11-22(12-14-23)8-7-17-50-33-29(43)16-15-28(42)32(33)44/h5-6,9-16,25,30,45H,4,7-8,17-21H2,1-3H3/t25?,30-/m1/s1. The molecule has 14 heteroatoms. The fourth-order valence-corrected chi connectivity index (χ4v) is 6.55. The van der Waals surface area contributed by atoms with E-state index in [2.05, 4.69) is 5.32 Å². The lowest BCUT2D eigenvalue weighted by Crippen LogP contribution is -2.64. The number of rotatable bonds is 11. The number of nitrogens with zero attached hydrogens (tertiary/aromatic N) is 2. The SMILES string of the molecule is CCN(Cc1ccccc1Cl)C(=O)C1=C(c2ccc(CCCOc3c(F)ccc(F)c3F)cc2)CC2CNC[C@H]1N2C(=O)OC(C)(C)C(Cl)(Cl)Cl. The van der Waals surface area contributed by atoms with Crippen LogP contribution in [0.2, 0.25) is 5.02 Å². The molecule has 1 unspecified atom stereocenters. The zero-order valence-electron chi connectivity index (χ0n) is 28.3. The molecule has 3 aromatic carbocycles. The van der Waals surface area contributed by atoms with Crippen LogP contribution < -0.4 is 10.1 Å². The van der Waals surface area contributed by atoms with Crippen molar-refractivity contribution >= 4 is 64.0 Å². The molecule has 274 valence electrons. The molecule has 1 saturated heterocycles. The van der Waals surface area contributed by atoms with Crippen LogP contribution in [-0.2, 0) is 22.5 Å². The van der Waals surface area contributed by atoms with Crippen molar-refractivity contribution < 1.29 is 32.2 Å². The lowest BCUT2D eigenvalue weighted by Gasteiger charge is -2.48. The van der Waals surface area contributed by atoms with Crippen molar-refractivity contribution in [2.45, 2.75) is 68.1 Å². The maximum atomic E-state index is 14.6. The van der Waals surface area contributed by atoms with E-state index in [9.17, 15) is 22.8 Å². The fraction of sp³-hybridized carbons (Fsp3) is 0.405. The summed E-state index contributed by atoms with van der Waals surface area (Å²) in [6, 6.07) is 15.4. The molecule has 2 bridgehead atoms. The molecule has 2 atom stereocenters. The molecule has 3 aromatic rings. The number of halogens is 7. The molecule has 1 N–H and O–H groups in total. The van der Waals surface area contributed by atoms with Crippen LogP contribution in [0, 0.1) is 17.5 Å². The zero-order valence-corrected chi connectivity index (χ0v) is 31.3. The molecule has 0 aromatic heterocycles. The molecule has 51 heavy (non-hydrogen) atoms. The van der Waals surface area contributed by atoms with E-state index >= 15 is 0 Å². The molecular formula is C37H38Cl4F3N3O4. The van der Waals surface area contributed by atoms with Gasteiger partial charge in [-0.05, 0) is 80.5 Å². The summed E-state index contributed by atoms with van der Waals surface area (Å²) in [6.45, 7) is 6.24. The van der Waals surface area contributed by atoms with Crippen LogP contribution in [0.4, 0.5) is 18.0 Å². The van der Waals surface area contributed by atoms with Gasteiger partial charge in [0, 0.05) is 36.8 Å². The van der Waals surface area contributed by atoms with Crippen LogP contribution in [0.15, 0.2) is 66.2 Å². The second-order valence-corrected chi connectivity index (χ2v) is 15.6. The number of hydrogen-bond donors (Lipinski definition) is 1. The van der Waals surface area contributed by atoms with Crippen molar-refractivity contribution in [2.75, 3.05) is 26.2 Å². The maximum absolute atomic E-state index is 14.6. The van der Waals surface area contributed by atoms with E-state index in [-0.39, 0.29) is 25.1 Å². The Morgan fingerprint density at radius 3 is 2.33 bits per heavy atom. The second-order valence-electron chi connectivity index (χ2n) is 12.9. The molecular weight excluding hydrogens is 749 g/mol. The van der Waals surface area contributed by atoms with Gasteiger partial charge >= 0.3 is 6.09 Å². The van der Waals surface area contributed by atoms with Crippen molar-refractivity contribution in [1.29, 1.82) is 0 Å². The Morgan fingerprint density at radius 1 is 0.980 bits per heavy atom. The van der Waals surface area contributed by atoms with E-state index in [1.807, 2.05) is 49.4 Å². The average Bonchev–Trinajstić information content (AvgIpc) is 3.08. The highest BCUT2D eigenvalue weighted by Gasteiger charge is 2.50. The number of carbonyl (C=O) groups is 2. The molecule has 2 aliphatic rings. The van der Waals surface area contributed by atoms with Gasteiger partial charge in [-0.25, -0.2) is 13.6 Å². The Balaban J connectivity index is 1.44. The van der Waals surface area contributed by atoms with Gasteiger partial charge in [-0.1, -0.05) is 88.9 Å². The van der Waals surface area contributed by atoms with Crippen molar-refractivity contribution in [3.63, 3.8) is 0 Å². The summed E-state index contributed by atoms with van der Waals surface area (Å²) in [5, 5.41) is 3.90. The number of carbonyl (C=O) groups excluding carboxylic acids is 2. The first-order chi connectivity index (χ1) is 24.1. The first kappa shape index (κ1) is 39.1. The number of alkyl halides is 3. The molecule has 0 spiro atoms. The predicted molar refractivity (Wildman–Crippen MR) is 194 cm³/mol. The normalized spacial score (nSPS) is 17.7. The number of aryl methyl sites for hydroxylation is 1. The number of piperazine rings is 1. The van der Waals surface area contributed by atoms with Crippen molar-refractivity contribution in [3.8, 4) is 5.75 Å². The highest BCUT2D eigenvalue weighted by molar-refractivity contribution is 6.68. The first-order valence-electron chi connectivity index (χ1n) is 16.5. The molecule has 0 aliphatic carbocycles. The third kappa shape index (κ3) is 8.74. The van der Waals surface area contributed by atoms with Crippen molar-refractivity contribution in [1.82, 2.24) is 15.1 Å². The monoisotopic (exact) mass is 785 g/mol. The summed E-state index contributed by atoms with van der Waals surface area (Å²) in [6.07, 6.45) is 0.567. The molecule has 5 rings (SSSR count). The van der Waals surface area contributed by atoms with Gasteiger partial charge in [0.2, 0.25) is 9.61 Å². The molecule has 2 amide bonds. The number of likely N-dealkylation sites (N-methyl/N-ethyl adjacent to an activating group) is 1. The van der Waals surface area contributed by atoms with Crippen LogP contribution in [-0.4, -0.2) is 69.5 Å². The minimum atomic E-state index is -1.90. The minimum absolute atomic E-state index is 0.0293. The van der Waals surface area contributed by atoms with E-state index < -0.39 is 44.7 Å². The van der Waals surface area contributed by atoms with Crippen LogP contribution >= 0.6 is 46.4 Å². The van der Waals surface area contributed by atoms with Crippen molar-refractivity contribution in [2.24, 2.45) is 0 Å². The topological polar surface area (TPSA) is 71.1 Å².